The quantitative estimate of drug-likeness (QED) is 0.852. The second-order valence-corrected chi connectivity index (χ2v) is 3.80. The maximum absolute atomic E-state index is 8.96. The number of halogens is 2. The van der Waals surface area contributed by atoms with Crippen LogP contribution in [0.2, 0.25) is 0 Å². The van der Waals surface area contributed by atoms with E-state index in [1.165, 1.54) is 5.69 Å². The molecule has 0 spiro atoms. The summed E-state index contributed by atoms with van der Waals surface area (Å²) in [5.74, 6) is 0. The Kier molecular flexibility index (Phi) is 6.98. The van der Waals surface area contributed by atoms with Crippen molar-refractivity contribution in [1.82, 2.24) is 5.32 Å². The van der Waals surface area contributed by atoms with Gasteiger partial charge in [-0.25, -0.2) is 0 Å². The summed E-state index contributed by atoms with van der Waals surface area (Å²) in [5.41, 5.74) is 3.09. The molecule has 0 aromatic heterocycles. The Morgan fingerprint density at radius 1 is 1.24 bits per heavy atom. The fraction of sp³-hybridized carbons (Fsp3) is 0.417. The Bertz CT molecular complexity index is 395. The lowest BCUT2D eigenvalue weighted by Gasteiger charge is -2.30. The van der Waals surface area contributed by atoms with Gasteiger partial charge in [0.1, 0.15) is 0 Å². The second kappa shape index (κ2) is 7.39. The average molecular weight is 274 g/mol. The highest BCUT2D eigenvalue weighted by Gasteiger charge is 2.13. The molecule has 0 atom stereocenters. The van der Waals surface area contributed by atoms with E-state index in [1.807, 2.05) is 19.1 Å². The number of rotatable bonds is 1. The van der Waals surface area contributed by atoms with Crippen molar-refractivity contribution in [3.05, 3.63) is 29.3 Å². The minimum atomic E-state index is 0. The molecular formula is C12H17Cl2N3. The molecule has 1 N–H and O–H groups in total. The number of anilines is 1. The van der Waals surface area contributed by atoms with Crippen LogP contribution in [0.4, 0.5) is 5.69 Å². The van der Waals surface area contributed by atoms with Crippen molar-refractivity contribution in [3.8, 4) is 6.07 Å². The third-order valence-electron chi connectivity index (χ3n) is 2.88. The van der Waals surface area contributed by atoms with E-state index in [0.29, 0.717) is 0 Å². The van der Waals surface area contributed by atoms with Gasteiger partial charge >= 0.3 is 0 Å². The standard InChI is InChI=1S/C12H15N3.2ClH/c1-10-11(9-13)3-2-4-12(10)15-7-5-14-6-8-15;;/h2-4,14H,5-8H2,1H3;2*1H. The van der Waals surface area contributed by atoms with Crippen molar-refractivity contribution in [1.29, 1.82) is 5.26 Å². The molecule has 0 unspecified atom stereocenters. The van der Waals surface area contributed by atoms with Gasteiger partial charge in [-0.2, -0.15) is 5.26 Å². The summed E-state index contributed by atoms with van der Waals surface area (Å²) in [7, 11) is 0. The van der Waals surface area contributed by atoms with Gasteiger partial charge in [0.2, 0.25) is 0 Å². The van der Waals surface area contributed by atoms with E-state index in [1.54, 1.807) is 0 Å². The fourth-order valence-electron chi connectivity index (χ4n) is 1.99. The van der Waals surface area contributed by atoms with Gasteiger partial charge in [-0.15, -0.1) is 24.8 Å². The third kappa shape index (κ3) is 3.50. The molecule has 1 aromatic rings. The van der Waals surface area contributed by atoms with Crippen LogP contribution in [0.15, 0.2) is 18.2 Å². The van der Waals surface area contributed by atoms with Crippen molar-refractivity contribution in [3.63, 3.8) is 0 Å². The lowest BCUT2D eigenvalue weighted by atomic mass is 10.1. The molecule has 2 rings (SSSR count). The zero-order valence-corrected chi connectivity index (χ0v) is 11.4. The molecule has 1 aliphatic heterocycles. The first-order valence-corrected chi connectivity index (χ1v) is 5.28. The monoisotopic (exact) mass is 273 g/mol. The summed E-state index contributed by atoms with van der Waals surface area (Å²) in [6.45, 7) is 6.12. The molecule has 1 aliphatic rings. The largest absolute Gasteiger partial charge is 0.369 e. The zero-order valence-electron chi connectivity index (χ0n) is 9.77. The van der Waals surface area contributed by atoms with Gasteiger partial charge in [0.15, 0.2) is 0 Å². The molecule has 1 aromatic carbocycles. The van der Waals surface area contributed by atoms with E-state index in [2.05, 4.69) is 22.4 Å². The molecule has 0 saturated carbocycles. The minimum Gasteiger partial charge on any atom is -0.369 e. The summed E-state index contributed by atoms with van der Waals surface area (Å²) < 4.78 is 0. The van der Waals surface area contributed by atoms with Gasteiger partial charge < -0.3 is 10.2 Å². The molecule has 1 heterocycles. The average Bonchev–Trinajstić information content (AvgIpc) is 2.30. The predicted molar refractivity (Wildman–Crippen MR) is 75.5 cm³/mol. The molecular weight excluding hydrogens is 257 g/mol. The Hall–Kier alpha value is -0.950. The van der Waals surface area contributed by atoms with Crippen LogP contribution in [0.3, 0.4) is 0 Å². The van der Waals surface area contributed by atoms with Crippen LogP contribution in [0, 0.1) is 18.3 Å². The summed E-state index contributed by atoms with van der Waals surface area (Å²) in [6, 6.07) is 8.17. The number of benzene rings is 1. The molecule has 1 saturated heterocycles. The Balaban J connectivity index is 0.00000128. The Labute approximate surface area is 115 Å². The van der Waals surface area contributed by atoms with Gasteiger partial charge in [0.25, 0.3) is 0 Å². The number of nitriles is 1. The summed E-state index contributed by atoms with van der Waals surface area (Å²) in [4.78, 5) is 2.34. The van der Waals surface area contributed by atoms with Crippen LogP contribution in [0.25, 0.3) is 0 Å². The van der Waals surface area contributed by atoms with Crippen LogP contribution < -0.4 is 10.2 Å². The van der Waals surface area contributed by atoms with E-state index in [4.69, 9.17) is 5.26 Å². The van der Waals surface area contributed by atoms with Gasteiger partial charge in [-0.1, -0.05) is 6.07 Å². The molecule has 0 bridgehead atoms. The number of hydrogen-bond acceptors (Lipinski definition) is 3. The summed E-state index contributed by atoms with van der Waals surface area (Å²) >= 11 is 0. The summed E-state index contributed by atoms with van der Waals surface area (Å²) in [6.07, 6.45) is 0. The predicted octanol–water partition coefficient (Wildman–Crippen LogP) is 2.12. The Morgan fingerprint density at radius 2 is 1.88 bits per heavy atom. The molecule has 0 radical (unpaired) electrons. The SMILES string of the molecule is Cc1c(C#N)cccc1N1CCNCC1.Cl.Cl. The van der Waals surface area contributed by atoms with Crippen LogP contribution in [-0.4, -0.2) is 26.2 Å². The first-order valence-electron chi connectivity index (χ1n) is 5.28. The first-order chi connectivity index (χ1) is 7.33. The van der Waals surface area contributed by atoms with Gasteiger partial charge in [0, 0.05) is 31.9 Å². The van der Waals surface area contributed by atoms with Crippen molar-refractivity contribution < 1.29 is 0 Å². The highest BCUT2D eigenvalue weighted by molar-refractivity contribution is 5.85. The minimum absolute atomic E-state index is 0. The van der Waals surface area contributed by atoms with E-state index >= 15 is 0 Å². The molecule has 94 valence electrons. The van der Waals surface area contributed by atoms with Crippen molar-refractivity contribution in [2.45, 2.75) is 6.92 Å². The highest BCUT2D eigenvalue weighted by Crippen LogP contribution is 2.22. The van der Waals surface area contributed by atoms with E-state index < -0.39 is 0 Å². The maximum atomic E-state index is 8.96. The topological polar surface area (TPSA) is 39.1 Å². The van der Waals surface area contributed by atoms with Crippen LogP contribution in [0.1, 0.15) is 11.1 Å². The first kappa shape index (κ1) is 16.1. The second-order valence-electron chi connectivity index (χ2n) is 3.80. The number of hydrogen-bond donors (Lipinski definition) is 1. The molecule has 0 amide bonds. The lowest BCUT2D eigenvalue weighted by Crippen LogP contribution is -2.43. The highest BCUT2D eigenvalue weighted by atomic mass is 35.5. The normalized spacial score (nSPS) is 14.2. The smallest absolute Gasteiger partial charge is 0.0995 e. The molecule has 1 fully saturated rings. The van der Waals surface area contributed by atoms with Gasteiger partial charge in [-0.3, -0.25) is 0 Å². The lowest BCUT2D eigenvalue weighted by molar-refractivity contribution is 0.588. The Morgan fingerprint density at radius 3 is 2.47 bits per heavy atom. The van der Waals surface area contributed by atoms with E-state index in [9.17, 15) is 0 Å². The van der Waals surface area contributed by atoms with E-state index in [0.717, 1.165) is 37.3 Å². The number of nitrogens with zero attached hydrogens (tertiary/aromatic N) is 2. The maximum Gasteiger partial charge on any atom is 0.0995 e. The van der Waals surface area contributed by atoms with Gasteiger partial charge in [-0.05, 0) is 24.6 Å². The fourth-order valence-corrected chi connectivity index (χ4v) is 1.99. The van der Waals surface area contributed by atoms with Crippen LogP contribution >= 0.6 is 24.8 Å². The van der Waals surface area contributed by atoms with Gasteiger partial charge in [0.05, 0.1) is 11.6 Å². The summed E-state index contributed by atoms with van der Waals surface area (Å²) in [5, 5.41) is 12.3. The molecule has 5 heteroatoms. The molecule has 3 nitrogen and oxygen atoms in total. The van der Waals surface area contributed by atoms with Crippen molar-refractivity contribution in [2.75, 3.05) is 31.1 Å². The van der Waals surface area contributed by atoms with Crippen molar-refractivity contribution in [2.24, 2.45) is 0 Å². The van der Waals surface area contributed by atoms with Crippen LogP contribution in [-0.2, 0) is 0 Å². The zero-order chi connectivity index (χ0) is 10.7. The number of piperazine rings is 1. The molecule has 0 aliphatic carbocycles. The van der Waals surface area contributed by atoms with Crippen molar-refractivity contribution >= 4 is 30.5 Å². The number of nitrogens with one attached hydrogen (secondary N) is 1. The third-order valence-corrected chi connectivity index (χ3v) is 2.88. The van der Waals surface area contributed by atoms with E-state index in [-0.39, 0.29) is 24.8 Å². The van der Waals surface area contributed by atoms with Crippen LogP contribution in [0.5, 0.6) is 0 Å². The molecule has 17 heavy (non-hydrogen) atoms.